The van der Waals surface area contributed by atoms with Gasteiger partial charge in [0.1, 0.15) is 5.82 Å². The van der Waals surface area contributed by atoms with Crippen LogP contribution in [0.3, 0.4) is 0 Å². The normalized spacial score (nSPS) is 12.1. The number of pyridine rings is 2. The van der Waals surface area contributed by atoms with Crippen molar-refractivity contribution >= 4 is 22.8 Å². The van der Waals surface area contributed by atoms with Crippen molar-refractivity contribution in [2.45, 2.75) is 20.0 Å². The number of aryl methyl sites for hydroxylation is 1. The molecular formula is C16H18N6O2. The van der Waals surface area contributed by atoms with Crippen LogP contribution in [0.15, 0.2) is 36.8 Å². The molecule has 3 aromatic rings. The predicted molar refractivity (Wildman–Crippen MR) is 90.1 cm³/mol. The first-order valence-electron chi connectivity index (χ1n) is 7.52. The van der Waals surface area contributed by atoms with E-state index >= 15 is 0 Å². The minimum Gasteiger partial charge on any atom is -0.392 e. The highest BCUT2D eigenvalue weighted by Crippen LogP contribution is 2.20. The molecule has 8 nitrogen and oxygen atoms in total. The van der Waals surface area contributed by atoms with Crippen molar-refractivity contribution < 1.29 is 9.90 Å². The van der Waals surface area contributed by atoms with Gasteiger partial charge in [0.25, 0.3) is 0 Å². The van der Waals surface area contributed by atoms with Crippen molar-refractivity contribution in [2.24, 2.45) is 0 Å². The van der Waals surface area contributed by atoms with E-state index in [1.54, 1.807) is 36.3 Å². The van der Waals surface area contributed by atoms with Crippen LogP contribution in [0.25, 0.3) is 16.6 Å². The summed E-state index contributed by atoms with van der Waals surface area (Å²) in [5.41, 5.74) is 2.63. The van der Waals surface area contributed by atoms with E-state index in [1.807, 2.05) is 19.1 Å². The summed E-state index contributed by atoms with van der Waals surface area (Å²) in [6.45, 7) is 3.69. The molecule has 0 bridgehead atoms. The van der Waals surface area contributed by atoms with Gasteiger partial charge >= 0.3 is 6.03 Å². The average Bonchev–Trinajstić information content (AvgIpc) is 2.96. The smallest absolute Gasteiger partial charge is 0.320 e. The molecule has 0 fully saturated rings. The molecule has 3 rings (SSSR count). The van der Waals surface area contributed by atoms with Crippen molar-refractivity contribution in [2.75, 3.05) is 11.9 Å². The molecule has 0 spiro atoms. The predicted octanol–water partition coefficient (Wildman–Crippen LogP) is 1.63. The maximum absolute atomic E-state index is 11.7. The van der Waals surface area contributed by atoms with E-state index in [4.69, 9.17) is 5.11 Å². The number of rotatable bonds is 4. The number of nitrogens with one attached hydrogen (secondary N) is 2. The summed E-state index contributed by atoms with van der Waals surface area (Å²) >= 11 is 0. The quantitative estimate of drug-likeness (QED) is 0.676. The van der Waals surface area contributed by atoms with Crippen LogP contribution in [-0.2, 0) is 0 Å². The Morgan fingerprint density at radius 2 is 2.17 bits per heavy atom. The highest BCUT2D eigenvalue weighted by atomic mass is 16.3. The second-order valence-corrected chi connectivity index (χ2v) is 5.52. The van der Waals surface area contributed by atoms with Crippen molar-refractivity contribution in [3.63, 3.8) is 0 Å². The van der Waals surface area contributed by atoms with E-state index < -0.39 is 12.1 Å². The number of carbonyl (C=O) groups is 1. The van der Waals surface area contributed by atoms with E-state index in [2.05, 4.69) is 25.7 Å². The Morgan fingerprint density at radius 1 is 1.33 bits per heavy atom. The van der Waals surface area contributed by atoms with Crippen LogP contribution in [0.1, 0.15) is 12.6 Å². The van der Waals surface area contributed by atoms with Gasteiger partial charge in [-0.3, -0.25) is 10.3 Å². The van der Waals surface area contributed by atoms with Gasteiger partial charge in [0.05, 0.1) is 29.7 Å². The molecule has 24 heavy (non-hydrogen) atoms. The maximum Gasteiger partial charge on any atom is 0.320 e. The summed E-state index contributed by atoms with van der Waals surface area (Å²) in [4.78, 5) is 20.1. The molecule has 3 heterocycles. The Bertz CT molecular complexity index is 874. The molecule has 8 heteroatoms. The van der Waals surface area contributed by atoms with Crippen LogP contribution in [0, 0.1) is 6.92 Å². The third kappa shape index (κ3) is 3.49. The van der Waals surface area contributed by atoms with E-state index in [0.717, 1.165) is 22.3 Å². The molecule has 0 aromatic carbocycles. The number of fused-ring (bicyclic) bond motifs is 1. The lowest BCUT2D eigenvalue weighted by Gasteiger charge is -2.08. The molecule has 124 valence electrons. The highest BCUT2D eigenvalue weighted by molar-refractivity contribution is 5.91. The van der Waals surface area contributed by atoms with Gasteiger partial charge in [0, 0.05) is 23.8 Å². The molecule has 2 amide bonds. The number of hydrogen-bond acceptors (Lipinski definition) is 5. The molecule has 1 atom stereocenters. The van der Waals surface area contributed by atoms with Gasteiger partial charge in [-0.1, -0.05) is 0 Å². The summed E-state index contributed by atoms with van der Waals surface area (Å²) in [6, 6.07) is 5.13. The molecule has 0 radical (unpaired) electrons. The number of aliphatic hydroxyl groups is 1. The molecule has 3 aromatic heterocycles. The minimum atomic E-state index is -0.603. The Morgan fingerprint density at radius 3 is 2.92 bits per heavy atom. The first-order valence-corrected chi connectivity index (χ1v) is 7.52. The number of urea groups is 1. The number of nitrogens with zero attached hydrogens (tertiary/aromatic N) is 4. The monoisotopic (exact) mass is 326 g/mol. The molecule has 1 unspecified atom stereocenters. The van der Waals surface area contributed by atoms with E-state index in [9.17, 15) is 4.79 Å². The molecule has 3 N–H and O–H groups in total. The van der Waals surface area contributed by atoms with E-state index in [-0.39, 0.29) is 6.54 Å². The number of carbonyl (C=O) groups excluding carboxylic acids is 1. The van der Waals surface area contributed by atoms with Gasteiger partial charge in [0.2, 0.25) is 0 Å². The number of hydrogen-bond donors (Lipinski definition) is 3. The van der Waals surface area contributed by atoms with Crippen LogP contribution in [0.5, 0.6) is 0 Å². The van der Waals surface area contributed by atoms with Gasteiger partial charge in [-0.15, -0.1) is 0 Å². The standard InChI is InChI=1S/C16H18N6O2/c1-10-5-13(3-4-17-10)22-14-9-18-15(6-12(14)8-20-22)21-16(24)19-7-11(2)23/h3-6,8-9,11,23H,7H2,1-2H3,(H2,18,19,21,24). The van der Waals surface area contributed by atoms with Crippen molar-refractivity contribution in [1.29, 1.82) is 0 Å². The van der Waals surface area contributed by atoms with Gasteiger partial charge < -0.3 is 10.4 Å². The minimum absolute atomic E-state index is 0.174. The Labute approximate surface area is 138 Å². The lowest BCUT2D eigenvalue weighted by Crippen LogP contribution is -2.34. The van der Waals surface area contributed by atoms with Crippen molar-refractivity contribution in [3.05, 3.63) is 42.5 Å². The Balaban J connectivity index is 1.82. The van der Waals surface area contributed by atoms with Gasteiger partial charge in [-0.2, -0.15) is 5.10 Å². The number of anilines is 1. The first-order chi connectivity index (χ1) is 11.5. The third-order valence-corrected chi connectivity index (χ3v) is 3.38. The van der Waals surface area contributed by atoms with Crippen LogP contribution in [-0.4, -0.2) is 43.5 Å². The highest BCUT2D eigenvalue weighted by Gasteiger charge is 2.09. The topological polar surface area (TPSA) is 105 Å². The molecule has 0 aliphatic carbocycles. The number of aliphatic hydroxyl groups excluding tert-OH is 1. The zero-order chi connectivity index (χ0) is 17.1. The molecular weight excluding hydrogens is 308 g/mol. The lowest BCUT2D eigenvalue weighted by atomic mass is 10.3. The zero-order valence-corrected chi connectivity index (χ0v) is 13.4. The summed E-state index contributed by atoms with van der Waals surface area (Å²) in [6.07, 6.45) is 4.50. The largest absolute Gasteiger partial charge is 0.392 e. The van der Waals surface area contributed by atoms with Crippen LogP contribution < -0.4 is 10.6 Å². The van der Waals surface area contributed by atoms with Gasteiger partial charge in [0.15, 0.2) is 0 Å². The van der Waals surface area contributed by atoms with E-state index in [1.165, 1.54) is 0 Å². The van der Waals surface area contributed by atoms with Gasteiger partial charge in [-0.25, -0.2) is 14.5 Å². The SMILES string of the molecule is Cc1cc(-n2ncc3cc(NC(=O)NCC(C)O)ncc32)ccn1. The Hall–Kier alpha value is -3.00. The van der Waals surface area contributed by atoms with Crippen molar-refractivity contribution in [3.8, 4) is 5.69 Å². The van der Waals surface area contributed by atoms with Crippen LogP contribution in [0.4, 0.5) is 10.6 Å². The number of amides is 2. The fourth-order valence-electron chi connectivity index (χ4n) is 2.26. The summed E-state index contributed by atoms with van der Waals surface area (Å²) in [5, 5.41) is 19.6. The van der Waals surface area contributed by atoms with Crippen LogP contribution >= 0.6 is 0 Å². The molecule has 0 aliphatic rings. The fourth-order valence-corrected chi connectivity index (χ4v) is 2.26. The third-order valence-electron chi connectivity index (χ3n) is 3.38. The second-order valence-electron chi connectivity index (χ2n) is 5.52. The number of aromatic nitrogens is 4. The van der Waals surface area contributed by atoms with Gasteiger partial charge in [-0.05, 0) is 32.0 Å². The van der Waals surface area contributed by atoms with Crippen molar-refractivity contribution in [1.82, 2.24) is 25.1 Å². The first kappa shape index (κ1) is 15.9. The molecule has 0 aliphatic heterocycles. The second kappa shape index (κ2) is 6.63. The summed E-state index contributed by atoms with van der Waals surface area (Å²) in [5.74, 6) is 0.413. The summed E-state index contributed by atoms with van der Waals surface area (Å²) in [7, 11) is 0. The van der Waals surface area contributed by atoms with E-state index in [0.29, 0.717) is 5.82 Å². The lowest BCUT2D eigenvalue weighted by molar-refractivity contribution is 0.190. The summed E-state index contributed by atoms with van der Waals surface area (Å²) < 4.78 is 1.77. The zero-order valence-electron chi connectivity index (χ0n) is 13.4. The van der Waals surface area contributed by atoms with Crippen LogP contribution in [0.2, 0.25) is 0 Å². The Kier molecular flexibility index (Phi) is 4.39. The molecule has 0 saturated carbocycles. The maximum atomic E-state index is 11.7. The molecule has 0 saturated heterocycles. The average molecular weight is 326 g/mol. The fraction of sp³-hybridized carbons (Fsp3) is 0.250.